The molecule has 0 unspecified atom stereocenters. The summed E-state index contributed by atoms with van der Waals surface area (Å²) in [6, 6.07) is 48.3. The van der Waals surface area contributed by atoms with Gasteiger partial charge in [-0.05, 0) is 34.4 Å². The van der Waals surface area contributed by atoms with E-state index in [0.29, 0.717) is 5.13 Å². The zero-order valence-electron chi connectivity index (χ0n) is 26.2. The van der Waals surface area contributed by atoms with Crippen LogP contribution in [0.15, 0.2) is 175 Å². The molecule has 6 rings (SSSR count). The van der Waals surface area contributed by atoms with Crippen LogP contribution in [-0.4, -0.2) is 27.7 Å². The molecular formula is C40H31N3O5S. The Morgan fingerprint density at radius 1 is 0.714 bits per heavy atom. The van der Waals surface area contributed by atoms with Crippen molar-refractivity contribution in [2.75, 3.05) is 5.32 Å². The number of carboxylic acid groups (broad SMARTS) is 1. The molecule has 0 spiro atoms. The van der Waals surface area contributed by atoms with Crippen LogP contribution in [0.25, 0.3) is 0 Å². The maximum Gasteiger partial charge on any atom is 0.377 e. The Morgan fingerprint density at radius 3 is 1.57 bits per heavy atom. The normalized spacial score (nSPS) is 11.5. The average Bonchev–Trinajstić information content (AvgIpc) is 3.62. The topological polar surface area (TPSA) is 110 Å². The van der Waals surface area contributed by atoms with Crippen LogP contribution in [0, 0.1) is 0 Å². The summed E-state index contributed by atoms with van der Waals surface area (Å²) in [7, 11) is 0. The Morgan fingerprint density at radius 2 is 1.14 bits per heavy atom. The van der Waals surface area contributed by atoms with Crippen LogP contribution in [0.4, 0.5) is 5.13 Å². The molecule has 242 valence electrons. The predicted octanol–water partition coefficient (Wildman–Crippen LogP) is 8.20. The van der Waals surface area contributed by atoms with Crippen molar-refractivity contribution in [1.29, 1.82) is 0 Å². The smallest absolute Gasteiger partial charge is 0.377 e. The summed E-state index contributed by atoms with van der Waals surface area (Å²) in [6.07, 6.45) is -0.746. The molecule has 0 aliphatic heterocycles. The number of aliphatic carboxylic acids is 1. The molecule has 0 saturated carbocycles. The van der Waals surface area contributed by atoms with E-state index in [2.05, 4.69) is 22.0 Å². The molecule has 49 heavy (non-hydrogen) atoms. The fourth-order valence-electron chi connectivity index (χ4n) is 5.47. The molecule has 0 fully saturated rings. The highest BCUT2D eigenvalue weighted by atomic mass is 32.1. The second-order valence-corrected chi connectivity index (χ2v) is 11.7. The number of carboxylic acids is 1. The minimum atomic E-state index is -1.40. The van der Waals surface area contributed by atoms with Crippen molar-refractivity contribution in [3.63, 3.8) is 0 Å². The number of benzene rings is 5. The molecule has 8 nitrogen and oxygen atoms in total. The highest BCUT2D eigenvalue weighted by molar-refractivity contribution is 7.14. The maximum absolute atomic E-state index is 13.1. The Kier molecular flexibility index (Phi) is 10.0. The maximum atomic E-state index is 13.1. The van der Waals surface area contributed by atoms with Crippen LogP contribution >= 0.6 is 11.3 Å². The molecular weight excluding hydrogens is 635 g/mol. The lowest BCUT2D eigenvalue weighted by molar-refractivity contribution is -0.147. The number of thiazole rings is 1. The van der Waals surface area contributed by atoms with E-state index >= 15 is 0 Å². The zero-order valence-corrected chi connectivity index (χ0v) is 27.0. The first-order valence-corrected chi connectivity index (χ1v) is 16.2. The van der Waals surface area contributed by atoms with Crippen molar-refractivity contribution in [3.8, 4) is 0 Å². The quantitative estimate of drug-likeness (QED) is 0.0320. The number of rotatable bonds is 13. The van der Waals surface area contributed by atoms with Crippen molar-refractivity contribution in [2.24, 2.45) is 5.16 Å². The Hall–Kier alpha value is -6.32. The van der Waals surface area contributed by atoms with Gasteiger partial charge >= 0.3 is 11.9 Å². The molecule has 0 aliphatic carbocycles. The number of esters is 1. The van der Waals surface area contributed by atoms with Gasteiger partial charge in [-0.25, -0.2) is 14.6 Å². The molecule has 2 N–H and O–H groups in total. The second-order valence-electron chi connectivity index (χ2n) is 10.9. The van der Waals surface area contributed by atoms with E-state index in [1.807, 2.05) is 152 Å². The largest absolute Gasteiger partial charge is 0.476 e. The van der Waals surface area contributed by atoms with E-state index in [-0.39, 0.29) is 5.69 Å². The van der Waals surface area contributed by atoms with Crippen LogP contribution in [0.5, 0.6) is 0 Å². The third-order valence-electron chi connectivity index (χ3n) is 7.77. The average molecular weight is 666 g/mol. The number of anilines is 1. The molecule has 0 radical (unpaired) electrons. The Labute approximate surface area is 287 Å². The molecule has 0 aliphatic rings. The van der Waals surface area contributed by atoms with Crippen LogP contribution in [0.1, 0.15) is 39.6 Å². The third kappa shape index (κ3) is 7.32. The highest BCUT2D eigenvalue weighted by Crippen LogP contribution is 2.40. The van der Waals surface area contributed by atoms with Gasteiger partial charge in [0.15, 0.2) is 11.2 Å². The first-order valence-electron chi connectivity index (χ1n) is 15.3. The van der Waals surface area contributed by atoms with Gasteiger partial charge in [-0.2, -0.15) is 0 Å². The molecule has 6 aromatic rings. The van der Waals surface area contributed by atoms with E-state index in [1.54, 1.807) is 5.38 Å². The van der Waals surface area contributed by atoms with E-state index < -0.39 is 35.1 Å². The van der Waals surface area contributed by atoms with Crippen LogP contribution in [-0.2, 0) is 24.7 Å². The minimum absolute atomic E-state index is 0.0377. The lowest BCUT2D eigenvalue weighted by Crippen LogP contribution is -2.38. The summed E-state index contributed by atoms with van der Waals surface area (Å²) in [5.74, 6) is -2.78. The third-order valence-corrected chi connectivity index (χ3v) is 8.53. The van der Waals surface area contributed by atoms with Gasteiger partial charge in [0.1, 0.15) is 11.2 Å². The first kappa shape index (κ1) is 32.6. The van der Waals surface area contributed by atoms with Gasteiger partial charge in [-0.1, -0.05) is 157 Å². The summed E-state index contributed by atoms with van der Waals surface area (Å²) in [4.78, 5) is 35.3. The first-order chi connectivity index (χ1) is 24.0. The number of hydrogen-bond donors (Lipinski definition) is 2. The lowest BCUT2D eigenvalue weighted by Gasteiger charge is -2.36. The predicted molar refractivity (Wildman–Crippen MR) is 190 cm³/mol. The van der Waals surface area contributed by atoms with Gasteiger partial charge in [-0.15, -0.1) is 11.3 Å². The fraction of sp³-hybridized carbons (Fsp3) is 0.0500. The molecule has 0 bridgehead atoms. The number of nitrogens with one attached hydrogen (secondary N) is 1. The number of hydrogen-bond acceptors (Lipinski definition) is 8. The van der Waals surface area contributed by atoms with Crippen molar-refractivity contribution < 1.29 is 24.3 Å². The fourth-order valence-corrected chi connectivity index (χ4v) is 6.22. The number of oxime groups is 1. The van der Waals surface area contributed by atoms with Crippen molar-refractivity contribution in [3.05, 3.63) is 203 Å². The number of carbonyl (C=O) groups excluding carboxylic acids is 1. The monoisotopic (exact) mass is 665 g/mol. The van der Waals surface area contributed by atoms with E-state index in [1.165, 1.54) is 11.3 Å². The van der Waals surface area contributed by atoms with Crippen LogP contribution in [0.2, 0.25) is 0 Å². The Balaban J connectivity index is 1.27. The number of carbonyl (C=O) groups is 2. The minimum Gasteiger partial charge on any atom is -0.476 e. The molecule has 0 saturated heterocycles. The highest BCUT2D eigenvalue weighted by Gasteiger charge is 2.37. The lowest BCUT2D eigenvalue weighted by atomic mass is 9.77. The Bertz CT molecular complexity index is 1920. The van der Waals surface area contributed by atoms with Gasteiger partial charge in [-0.3, -0.25) is 0 Å². The molecule has 5 aromatic carbocycles. The number of ether oxygens (including phenoxy) is 1. The van der Waals surface area contributed by atoms with E-state index in [9.17, 15) is 14.7 Å². The molecule has 1 aromatic heterocycles. The van der Waals surface area contributed by atoms with E-state index in [0.717, 1.165) is 27.8 Å². The number of aromatic nitrogens is 1. The van der Waals surface area contributed by atoms with Gasteiger partial charge in [0.2, 0.25) is 11.5 Å². The van der Waals surface area contributed by atoms with Crippen molar-refractivity contribution >= 4 is 34.1 Å². The molecule has 9 heteroatoms. The zero-order chi connectivity index (χ0) is 34.1. The van der Waals surface area contributed by atoms with Crippen molar-refractivity contribution in [2.45, 2.75) is 11.6 Å². The van der Waals surface area contributed by atoms with Gasteiger partial charge in [0, 0.05) is 5.38 Å². The van der Waals surface area contributed by atoms with Gasteiger partial charge < -0.3 is 20.0 Å². The molecule has 0 atom stereocenters. The van der Waals surface area contributed by atoms with Gasteiger partial charge in [0.25, 0.3) is 0 Å². The second kappa shape index (κ2) is 15.1. The summed E-state index contributed by atoms with van der Waals surface area (Å²) in [5.41, 5.74) is 3.01. The van der Waals surface area contributed by atoms with Crippen LogP contribution in [0.3, 0.4) is 0 Å². The van der Waals surface area contributed by atoms with E-state index in [4.69, 9.17) is 9.57 Å². The summed E-state index contributed by atoms with van der Waals surface area (Å²) in [6.45, 7) is 3.65. The van der Waals surface area contributed by atoms with Crippen molar-refractivity contribution in [1.82, 2.24) is 4.98 Å². The van der Waals surface area contributed by atoms with Crippen LogP contribution < -0.4 is 5.32 Å². The molecule has 1 heterocycles. The summed E-state index contributed by atoms with van der Waals surface area (Å²) >= 11 is 1.21. The summed E-state index contributed by atoms with van der Waals surface area (Å²) in [5, 5.41) is 19.5. The standard InChI is InChI=1S/C40H31N3O5S/c1-28(38(46)47-36(29-17-7-2-8-18-29)30-19-9-3-10-20-30)48-43-35(37(44)45)34-27-49-39(41-34)42-40(31-21-11-4-12-22-31,32-23-13-5-14-24-32)33-25-15-6-16-26-33/h2-27,36H,1H2,(H,41,42)(H,44,45)/b43-35-. The number of nitrogens with zero attached hydrogens (tertiary/aromatic N) is 2. The summed E-state index contributed by atoms with van der Waals surface area (Å²) < 4.78 is 5.76. The van der Waals surface area contributed by atoms with Gasteiger partial charge in [0.05, 0.1) is 0 Å². The molecule has 0 amide bonds. The SMILES string of the molecule is C=C(O/N=C(\C(=O)O)c1csc(NC(c2ccccc2)(c2ccccc2)c2ccccc2)n1)C(=O)OC(c1ccccc1)c1ccccc1.